The second kappa shape index (κ2) is 3.22. The van der Waals surface area contributed by atoms with Gasteiger partial charge in [-0.15, -0.1) is 0 Å². The Morgan fingerprint density at radius 3 is 2.64 bits per heavy atom. The number of carbonyl (C=O) groups excluding carboxylic acids is 1. The fraction of sp³-hybridized carbons (Fsp3) is 0.875. The van der Waals surface area contributed by atoms with Crippen LogP contribution in [0.2, 0.25) is 0 Å². The van der Waals surface area contributed by atoms with Crippen LogP contribution in [0.1, 0.15) is 20.3 Å². The molecular weight excluding hydrogens is 142 g/mol. The Kier molecular flexibility index (Phi) is 2.49. The molecule has 3 nitrogen and oxygen atoms in total. The Morgan fingerprint density at radius 2 is 2.27 bits per heavy atom. The minimum Gasteiger partial charge on any atom is -0.391 e. The number of β-amino-alcohol motifs (C(OH)–C–C–N with tert-alkyl or cyclic N) is 1. The number of hydrogen-bond acceptors (Lipinski definition) is 2. The molecule has 1 heterocycles. The zero-order valence-electron chi connectivity index (χ0n) is 7.08. The second-order valence-electron chi connectivity index (χ2n) is 3.38. The smallest absolute Gasteiger partial charge is 0.225 e. The van der Waals surface area contributed by atoms with Gasteiger partial charge >= 0.3 is 0 Å². The van der Waals surface area contributed by atoms with Gasteiger partial charge in [0.1, 0.15) is 0 Å². The minimum absolute atomic E-state index is 0.0558. The molecule has 0 bridgehead atoms. The lowest BCUT2D eigenvalue weighted by molar-refractivity contribution is -0.133. The molecule has 1 fully saturated rings. The lowest BCUT2D eigenvalue weighted by Crippen LogP contribution is -2.32. The van der Waals surface area contributed by atoms with E-state index < -0.39 is 0 Å². The van der Waals surface area contributed by atoms with Crippen molar-refractivity contribution in [3.05, 3.63) is 0 Å². The zero-order chi connectivity index (χ0) is 8.43. The van der Waals surface area contributed by atoms with Crippen LogP contribution in [-0.2, 0) is 4.79 Å². The number of carbonyl (C=O) groups is 1. The van der Waals surface area contributed by atoms with Gasteiger partial charge in [0.2, 0.25) is 5.91 Å². The average Bonchev–Trinajstić information content (AvgIpc) is 2.34. The van der Waals surface area contributed by atoms with Crippen molar-refractivity contribution in [2.24, 2.45) is 5.92 Å². The summed E-state index contributed by atoms with van der Waals surface area (Å²) in [7, 11) is 0. The zero-order valence-corrected chi connectivity index (χ0v) is 7.08. The first-order valence-electron chi connectivity index (χ1n) is 4.08. The average molecular weight is 157 g/mol. The Balaban J connectivity index is 2.43. The van der Waals surface area contributed by atoms with Gasteiger partial charge in [0.15, 0.2) is 0 Å². The van der Waals surface area contributed by atoms with Crippen LogP contribution >= 0.6 is 0 Å². The summed E-state index contributed by atoms with van der Waals surface area (Å²) in [4.78, 5) is 13.0. The number of aliphatic hydroxyl groups excluding tert-OH is 1. The summed E-state index contributed by atoms with van der Waals surface area (Å²) in [5.74, 6) is 0.210. The molecule has 1 aliphatic heterocycles. The van der Waals surface area contributed by atoms with E-state index >= 15 is 0 Å². The molecule has 3 heteroatoms. The second-order valence-corrected chi connectivity index (χ2v) is 3.38. The molecule has 64 valence electrons. The van der Waals surface area contributed by atoms with Crippen LogP contribution in [0.15, 0.2) is 0 Å². The van der Waals surface area contributed by atoms with E-state index in [4.69, 9.17) is 5.11 Å². The Labute approximate surface area is 67.0 Å². The van der Waals surface area contributed by atoms with Crippen molar-refractivity contribution in [1.29, 1.82) is 0 Å². The fourth-order valence-electron chi connectivity index (χ4n) is 1.31. The predicted octanol–water partition coefficient (Wildman–Crippen LogP) is 0.236. The van der Waals surface area contributed by atoms with Crippen LogP contribution < -0.4 is 0 Å². The van der Waals surface area contributed by atoms with Gasteiger partial charge < -0.3 is 10.0 Å². The van der Waals surface area contributed by atoms with Crippen molar-refractivity contribution >= 4 is 5.91 Å². The number of hydrogen-bond donors (Lipinski definition) is 1. The summed E-state index contributed by atoms with van der Waals surface area (Å²) in [5, 5.41) is 9.14. The van der Waals surface area contributed by atoms with Crippen molar-refractivity contribution in [2.45, 2.75) is 26.4 Å². The summed E-state index contributed by atoms with van der Waals surface area (Å²) in [6.07, 6.45) is 0.441. The maximum Gasteiger partial charge on any atom is 0.225 e. The summed E-state index contributed by atoms with van der Waals surface area (Å²) < 4.78 is 0. The van der Waals surface area contributed by atoms with E-state index in [1.165, 1.54) is 0 Å². The first kappa shape index (κ1) is 8.53. The third-order valence-electron chi connectivity index (χ3n) is 1.97. The Bertz CT molecular complexity index is 156. The van der Waals surface area contributed by atoms with Gasteiger partial charge in [0, 0.05) is 19.0 Å². The van der Waals surface area contributed by atoms with Crippen molar-refractivity contribution in [3.63, 3.8) is 0 Å². The molecule has 0 aromatic rings. The molecule has 1 rings (SSSR count). The largest absolute Gasteiger partial charge is 0.391 e. The number of amides is 1. The maximum atomic E-state index is 11.3. The van der Waals surface area contributed by atoms with Crippen molar-refractivity contribution < 1.29 is 9.90 Å². The summed E-state index contributed by atoms with van der Waals surface area (Å²) in [6, 6.07) is 0. The van der Waals surface area contributed by atoms with E-state index in [9.17, 15) is 4.79 Å². The van der Waals surface area contributed by atoms with Crippen LogP contribution in [0.4, 0.5) is 0 Å². The van der Waals surface area contributed by atoms with Crippen molar-refractivity contribution in [1.82, 2.24) is 4.90 Å². The number of aliphatic hydroxyl groups is 1. The molecule has 0 aromatic carbocycles. The van der Waals surface area contributed by atoms with Crippen LogP contribution in [0.25, 0.3) is 0 Å². The van der Waals surface area contributed by atoms with E-state index in [-0.39, 0.29) is 17.9 Å². The maximum absolute atomic E-state index is 11.3. The van der Waals surface area contributed by atoms with Gasteiger partial charge in [-0.1, -0.05) is 13.8 Å². The van der Waals surface area contributed by atoms with E-state index in [1.54, 1.807) is 4.90 Å². The molecular formula is C8H15NO2. The van der Waals surface area contributed by atoms with E-state index in [0.717, 1.165) is 13.0 Å². The number of likely N-dealkylation sites (tertiary alicyclic amines) is 1. The highest BCUT2D eigenvalue weighted by Crippen LogP contribution is 2.11. The van der Waals surface area contributed by atoms with E-state index in [0.29, 0.717) is 6.54 Å². The third-order valence-corrected chi connectivity index (χ3v) is 1.97. The molecule has 1 amide bonds. The lowest BCUT2D eigenvalue weighted by atomic mass is 10.2. The van der Waals surface area contributed by atoms with Crippen molar-refractivity contribution in [3.8, 4) is 0 Å². The summed E-state index contributed by atoms with van der Waals surface area (Å²) in [5.41, 5.74) is 0. The first-order chi connectivity index (χ1) is 5.11. The molecule has 0 aliphatic carbocycles. The van der Waals surface area contributed by atoms with Gasteiger partial charge in [-0.25, -0.2) is 0 Å². The molecule has 1 saturated heterocycles. The Morgan fingerprint density at radius 1 is 1.64 bits per heavy atom. The van der Waals surface area contributed by atoms with Gasteiger partial charge in [-0.3, -0.25) is 4.79 Å². The van der Waals surface area contributed by atoms with Crippen molar-refractivity contribution in [2.75, 3.05) is 13.1 Å². The number of nitrogens with zero attached hydrogens (tertiary/aromatic N) is 1. The van der Waals surface area contributed by atoms with Crippen LogP contribution in [0.3, 0.4) is 0 Å². The van der Waals surface area contributed by atoms with Gasteiger partial charge in [-0.05, 0) is 6.42 Å². The topological polar surface area (TPSA) is 40.5 Å². The molecule has 0 radical (unpaired) electrons. The highest BCUT2D eigenvalue weighted by Gasteiger charge is 2.25. The highest BCUT2D eigenvalue weighted by molar-refractivity contribution is 5.78. The van der Waals surface area contributed by atoms with Crippen LogP contribution in [0, 0.1) is 5.92 Å². The molecule has 0 aromatic heterocycles. The SMILES string of the molecule is CC(C)C(=O)N1CC[C@H](O)C1. The quantitative estimate of drug-likeness (QED) is 0.592. The first-order valence-corrected chi connectivity index (χ1v) is 4.08. The van der Waals surface area contributed by atoms with Gasteiger partial charge in [0.05, 0.1) is 6.10 Å². The van der Waals surface area contributed by atoms with Gasteiger partial charge in [0.25, 0.3) is 0 Å². The third kappa shape index (κ3) is 1.93. The molecule has 0 unspecified atom stereocenters. The monoisotopic (exact) mass is 157 g/mol. The predicted molar refractivity (Wildman–Crippen MR) is 42.0 cm³/mol. The van der Waals surface area contributed by atoms with Crippen LogP contribution in [-0.4, -0.2) is 35.1 Å². The fourth-order valence-corrected chi connectivity index (χ4v) is 1.31. The standard InChI is InChI=1S/C8H15NO2/c1-6(2)8(11)9-4-3-7(10)5-9/h6-7,10H,3-5H2,1-2H3/t7-/m0/s1. The molecule has 1 N–H and O–H groups in total. The van der Waals surface area contributed by atoms with E-state index in [1.807, 2.05) is 13.8 Å². The molecule has 1 atom stereocenters. The number of rotatable bonds is 1. The van der Waals surface area contributed by atoms with E-state index in [2.05, 4.69) is 0 Å². The summed E-state index contributed by atoms with van der Waals surface area (Å²) >= 11 is 0. The normalized spacial score (nSPS) is 24.7. The molecule has 1 aliphatic rings. The highest BCUT2D eigenvalue weighted by atomic mass is 16.3. The van der Waals surface area contributed by atoms with Gasteiger partial charge in [-0.2, -0.15) is 0 Å². The Hall–Kier alpha value is -0.570. The molecule has 0 saturated carbocycles. The lowest BCUT2D eigenvalue weighted by Gasteiger charge is -2.17. The summed E-state index contributed by atoms with van der Waals surface area (Å²) in [6.45, 7) is 5.01. The molecule has 0 spiro atoms. The molecule has 11 heavy (non-hydrogen) atoms. The minimum atomic E-state index is -0.294. The van der Waals surface area contributed by atoms with Crippen LogP contribution in [0.5, 0.6) is 0 Å².